The first-order valence-corrected chi connectivity index (χ1v) is 7.20. The van der Waals surface area contributed by atoms with Gasteiger partial charge in [0.25, 0.3) is 17.6 Å². The predicted octanol–water partition coefficient (Wildman–Crippen LogP) is 1.54. The molecule has 114 valence electrons. The minimum Gasteiger partial charge on any atom is -0.269 e. The van der Waals surface area contributed by atoms with Crippen molar-refractivity contribution in [3.63, 3.8) is 0 Å². The van der Waals surface area contributed by atoms with Crippen LogP contribution >= 0.6 is 0 Å². The van der Waals surface area contributed by atoms with Crippen molar-refractivity contribution in [1.82, 2.24) is 24.5 Å². The number of benzene rings is 1. The van der Waals surface area contributed by atoms with E-state index in [1.165, 1.54) is 4.90 Å². The lowest BCUT2D eigenvalue weighted by Gasteiger charge is -2.10. The maximum Gasteiger partial charge on any atom is 0.261 e. The molecule has 4 rings (SSSR count). The first kappa shape index (κ1) is 13.6. The Hall–Kier alpha value is -3.09. The quantitative estimate of drug-likeness (QED) is 0.671. The average molecular weight is 307 g/mol. The first-order valence-electron chi connectivity index (χ1n) is 7.20. The van der Waals surface area contributed by atoms with E-state index in [1.807, 2.05) is 19.9 Å². The van der Waals surface area contributed by atoms with Crippen molar-refractivity contribution < 1.29 is 9.59 Å². The molecule has 0 bridgehead atoms. The molecule has 0 N–H and O–H groups in total. The van der Waals surface area contributed by atoms with Crippen LogP contribution in [0.4, 0.5) is 0 Å². The van der Waals surface area contributed by atoms with Gasteiger partial charge in [0, 0.05) is 11.4 Å². The van der Waals surface area contributed by atoms with Crippen molar-refractivity contribution in [1.29, 1.82) is 0 Å². The molecule has 2 aromatic heterocycles. The summed E-state index contributed by atoms with van der Waals surface area (Å²) >= 11 is 0. The second-order valence-corrected chi connectivity index (χ2v) is 5.52. The van der Waals surface area contributed by atoms with Gasteiger partial charge in [-0.2, -0.15) is 4.98 Å². The fraction of sp³-hybridized carbons (Fsp3) is 0.188. The van der Waals surface area contributed by atoms with Crippen LogP contribution in [0.1, 0.15) is 37.9 Å². The molecule has 0 radical (unpaired) electrons. The molecular weight excluding hydrogens is 294 g/mol. The van der Waals surface area contributed by atoms with Gasteiger partial charge in [0.1, 0.15) is 0 Å². The summed E-state index contributed by atoms with van der Waals surface area (Å²) in [7, 11) is 0. The largest absolute Gasteiger partial charge is 0.269 e. The lowest BCUT2D eigenvalue weighted by molar-refractivity contribution is 0.0638. The first-order chi connectivity index (χ1) is 11.0. The van der Waals surface area contributed by atoms with Crippen LogP contribution < -0.4 is 0 Å². The molecule has 0 spiro atoms. The molecule has 23 heavy (non-hydrogen) atoms. The van der Waals surface area contributed by atoms with Crippen molar-refractivity contribution in [2.75, 3.05) is 0 Å². The van der Waals surface area contributed by atoms with Crippen LogP contribution in [0, 0.1) is 13.8 Å². The van der Waals surface area contributed by atoms with Crippen LogP contribution in [0.5, 0.6) is 0 Å². The number of aromatic nitrogens is 4. The van der Waals surface area contributed by atoms with E-state index in [9.17, 15) is 9.59 Å². The number of fused-ring (bicyclic) bond motifs is 2. The van der Waals surface area contributed by atoms with Crippen molar-refractivity contribution in [3.05, 3.63) is 58.7 Å². The molecule has 0 saturated carbocycles. The molecule has 3 aromatic rings. The van der Waals surface area contributed by atoms with Gasteiger partial charge in [0.15, 0.2) is 5.82 Å². The molecule has 7 heteroatoms. The fourth-order valence-corrected chi connectivity index (χ4v) is 2.80. The highest BCUT2D eigenvalue weighted by Crippen LogP contribution is 2.23. The van der Waals surface area contributed by atoms with Gasteiger partial charge in [-0.3, -0.25) is 14.5 Å². The number of carbonyl (C=O) groups is 2. The summed E-state index contributed by atoms with van der Waals surface area (Å²) in [5.41, 5.74) is 2.58. The molecule has 1 aromatic carbocycles. The van der Waals surface area contributed by atoms with Crippen LogP contribution in [-0.4, -0.2) is 36.3 Å². The second-order valence-electron chi connectivity index (χ2n) is 5.52. The molecule has 3 heterocycles. The van der Waals surface area contributed by atoms with Crippen LogP contribution in [0.15, 0.2) is 30.3 Å². The Morgan fingerprint density at radius 2 is 1.65 bits per heavy atom. The highest BCUT2D eigenvalue weighted by atomic mass is 16.2. The summed E-state index contributed by atoms with van der Waals surface area (Å²) in [5, 5.41) is 4.35. The Kier molecular flexibility index (Phi) is 2.77. The standard InChI is InChI=1S/C16H13N5O2/c1-9-7-10(2)21-16(17-9)18-13(19-21)8-20-14(22)11-5-3-4-6-12(11)15(20)23/h3-7H,8H2,1-2H3. The van der Waals surface area contributed by atoms with Crippen LogP contribution in [0.3, 0.4) is 0 Å². The third kappa shape index (κ3) is 2.01. The number of nitrogens with zero attached hydrogens (tertiary/aromatic N) is 5. The second kappa shape index (κ2) is 4.70. The van der Waals surface area contributed by atoms with Crippen LogP contribution in [0.25, 0.3) is 5.78 Å². The number of hydrogen-bond acceptors (Lipinski definition) is 5. The molecule has 2 amide bonds. The van der Waals surface area contributed by atoms with Gasteiger partial charge in [-0.25, -0.2) is 9.50 Å². The van der Waals surface area contributed by atoms with Gasteiger partial charge in [-0.1, -0.05) is 12.1 Å². The lowest BCUT2D eigenvalue weighted by Crippen LogP contribution is -2.29. The van der Waals surface area contributed by atoms with E-state index >= 15 is 0 Å². The Morgan fingerprint density at radius 3 is 2.30 bits per heavy atom. The normalized spacial score (nSPS) is 13.9. The molecular formula is C16H13N5O2. The minimum atomic E-state index is -0.315. The van der Waals surface area contributed by atoms with Crippen molar-refractivity contribution in [3.8, 4) is 0 Å². The van der Waals surface area contributed by atoms with Crippen molar-refractivity contribution >= 4 is 17.6 Å². The predicted molar refractivity (Wildman–Crippen MR) is 80.9 cm³/mol. The third-order valence-corrected chi connectivity index (χ3v) is 3.84. The monoisotopic (exact) mass is 307 g/mol. The molecule has 0 saturated heterocycles. The Balaban J connectivity index is 1.71. The zero-order chi connectivity index (χ0) is 16.1. The van der Waals surface area contributed by atoms with E-state index < -0.39 is 0 Å². The van der Waals surface area contributed by atoms with E-state index in [0.717, 1.165) is 11.4 Å². The van der Waals surface area contributed by atoms with E-state index in [2.05, 4.69) is 15.1 Å². The lowest BCUT2D eigenvalue weighted by atomic mass is 10.1. The molecule has 7 nitrogen and oxygen atoms in total. The molecule has 1 aliphatic rings. The van der Waals surface area contributed by atoms with Crippen molar-refractivity contribution in [2.24, 2.45) is 0 Å². The topological polar surface area (TPSA) is 80.5 Å². The van der Waals surface area contributed by atoms with Crippen molar-refractivity contribution in [2.45, 2.75) is 20.4 Å². The van der Waals surface area contributed by atoms with Gasteiger partial charge in [-0.15, -0.1) is 5.10 Å². The SMILES string of the molecule is Cc1cc(C)n2nc(CN3C(=O)c4ccccc4C3=O)nc2n1. The summed E-state index contributed by atoms with van der Waals surface area (Å²) in [6.45, 7) is 3.82. The van der Waals surface area contributed by atoms with E-state index in [4.69, 9.17) is 0 Å². The summed E-state index contributed by atoms with van der Waals surface area (Å²) in [6, 6.07) is 8.69. The number of aryl methyl sites for hydroxylation is 2. The Bertz CT molecular complexity index is 941. The number of rotatable bonds is 2. The zero-order valence-corrected chi connectivity index (χ0v) is 12.6. The summed E-state index contributed by atoms with van der Waals surface area (Å²) in [6.07, 6.45) is 0. The van der Waals surface area contributed by atoms with Gasteiger partial charge in [0.2, 0.25) is 0 Å². The molecule has 0 fully saturated rings. The van der Waals surface area contributed by atoms with E-state index in [0.29, 0.717) is 22.7 Å². The Labute approximate surface area is 131 Å². The summed E-state index contributed by atoms with van der Waals surface area (Å²) in [5.74, 6) is 0.227. The number of carbonyl (C=O) groups excluding carboxylic acids is 2. The highest BCUT2D eigenvalue weighted by molar-refractivity contribution is 6.21. The van der Waals surface area contributed by atoms with Gasteiger partial charge in [-0.05, 0) is 32.0 Å². The smallest absolute Gasteiger partial charge is 0.261 e. The number of hydrogen-bond donors (Lipinski definition) is 0. The fourth-order valence-electron chi connectivity index (χ4n) is 2.80. The average Bonchev–Trinajstić information content (AvgIpc) is 3.03. The van der Waals surface area contributed by atoms with Crippen LogP contribution in [0.2, 0.25) is 0 Å². The third-order valence-electron chi connectivity index (χ3n) is 3.84. The van der Waals surface area contributed by atoms with Gasteiger partial charge >= 0.3 is 0 Å². The van der Waals surface area contributed by atoms with E-state index in [-0.39, 0.29) is 18.4 Å². The summed E-state index contributed by atoms with van der Waals surface area (Å²) < 4.78 is 1.61. The maximum absolute atomic E-state index is 12.4. The maximum atomic E-state index is 12.4. The van der Waals surface area contributed by atoms with Crippen LogP contribution in [-0.2, 0) is 6.54 Å². The number of amides is 2. The molecule has 0 unspecified atom stereocenters. The molecule has 0 atom stereocenters. The Morgan fingerprint density at radius 1 is 1.00 bits per heavy atom. The van der Waals surface area contributed by atoms with Gasteiger partial charge < -0.3 is 0 Å². The zero-order valence-electron chi connectivity index (χ0n) is 12.6. The molecule has 1 aliphatic heterocycles. The summed E-state index contributed by atoms with van der Waals surface area (Å²) in [4.78, 5) is 34.6. The van der Waals surface area contributed by atoms with Gasteiger partial charge in [0.05, 0.1) is 17.7 Å². The highest BCUT2D eigenvalue weighted by Gasteiger charge is 2.35. The van der Waals surface area contributed by atoms with E-state index in [1.54, 1.807) is 28.8 Å². The minimum absolute atomic E-state index is 0.0359. The number of imide groups is 1. The molecule has 0 aliphatic carbocycles.